The standard InChI is InChI=1S/C20H14F2N4O2/c21-18(22)17-10-16(12-5-2-1-3-6-12)25-19-15(11-23-26(17)19)20(28)24-13-7-4-8-14(27)9-13/h1-11,18,27H,(H,24,28). The molecular weight excluding hydrogens is 366 g/mol. The SMILES string of the molecule is O=C(Nc1cccc(O)c1)c1cnn2c(C(F)F)cc(-c3ccccc3)nc12. The Labute approximate surface area is 158 Å². The zero-order chi connectivity index (χ0) is 19.7. The summed E-state index contributed by atoms with van der Waals surface area (Å²) in [6, 6.07) is 16.1. The highest BCUT2D eigenvalue weighted by Gasteiger charge is 2.21. The number of benzene rings is 2. The molecule has 4 aromatic rings. The van der Waals surface area contributed by atoms with Crippen LogP contribution in [0.1, 0.15) is 22.5 Å². The molecule has 0 atom stereocenters. The highest BCUT2D eigenvalue weighted by molar-refractivity contribution is 6.08. The first kappa shape index (κ1) is 17.6. The predicted molar refractivity (Wildman–Crippen MR) is 99.4 cm³/mol. The topological polar surface area (TPSA) is 79.5 Å². The second-order valence-corrected chi connectivity index (χ2v) is 6.03. The molecule has 0 radical (unpaired) electrons. The van der Waals surface area contributed by atoms with Crippen LogP contribution in [0.15, 0.2) is 66.9 Å². The Hall–Kier alpha value is -3.81. The molecule has 2 aromatic heterocycles. The highest BCUT2D eigenvalue weighted by atomic mass is 19.3. The van der Waals surface area contributed by atoms with E-state index in [9.17, 15) is 18.7 Å². The first-order chi connectivity index (χ1) is 13.5. The van der Waals surface area contributed by atoms with Gasteiger partial charge in [-0.1, -0.05) is 36.4 Å². The summed E-state index contributed by atoms with van der Waals surface area (Å²) >= 11 is 0. The van der Waals surface area contributed by atoms with Crippen LogP contribution in [0, 0.1) is 0 Å². The predicted octanol–water partition coefficient (Wildman–Crippen LogP) is 4.29. The number of phenolic OH excluding ortho intramolecular Hbond substituents is 1. The molecule has 8 heteroatoms. The molecule has 2 heterocycles. The van der Waals surface area contributed by atoms with Gasteiger partial charge >= 0.3 is 0 Å². The third-order valence-electron chi connectivity index (χ3n) is 4.14. The van der Waals surface area contributed by atoms with Crippen LogP contribution in [-0.2, 0) is 0 Å². The number of anilines is 1. The van der Waals surface area contributed by atoms with Gasteiger partial charge in [0.1, 0.15) is 17.0 Å². The first-order valence-corrected chi connectivity index (χ1v) is 8.35. The van der Waals surface area contributed by atoms with E-state index in [4.69, 9.17) is 0 Å². The first-order valence-electron chi connectivity index (χ1n) is 8.35. The number of aromatic hydroxyl groups is 1. The van der Waals surface area contributed by atoms with E-state index in [1.807, 2.05) is 6.07 Å². The van der Waals surface area contributed by atoms with Crippen molar-refractivity contribution in [1.29, 1.82) is 0 Å². The molecular formula is C20H14F2N4O2. The smallest absolute Gasteiger partial charge is 0.280 e. The Bertz CT molecular complexity index is 1160. The minimum Gasteiger partial charge on any atom is -0.508 e. The van der Waals surface area contributed by atoms with E-state index >= 15 is 0 Å². The van der Waals surface area contributed by atoms with Crippen molar-refractivity contribution in [1.82, 2.24) is 14.6 Å². The molecule has 0 spiro atoms. The second-order valence-electron chi connectivity index (χ2n) is 6.03. The minimum atomic E-state index is -2.80. The quantitative estimate of drug-likeness (QED) is 0.553. The number of rotatable bonds is 4. The van der Waals surface area contributed by atoms with Crippen LogP contribution in [0.5, 0.6) is 5.75 Å². The summed E-state index contributed by atoms with van der Waals surface area (Å²) in [5, 5.41) is 16.0. The monoisotopic (exact) mass is 380 g/mol. The number of carbonyl (C=O) groups excluding carboxylic acids is 1. The highest BCUT2D eigenvalue weighted by Crippen LogP contribution is 2.27. The molecule has 0 saturated carbocycles. The maximum absolute atomic E-state index is 13.6. The maximum atomic E-state index is 13.6. The Morgan fingerprint density at radius 3 is 2.57 bits per heavy atom. The summed E-state index contributed by atoms with van der Waals surface area (Å²) < 4.78 is 28.1. The third-order valence-corrected chi connectivity index (χ3v) is 4.14. The van der Waals surface area contributed by atoms with Crippen molar-refractivity contribution >= 4 is 17.2 Å². The van der Waals surface area contributed by atoms with Crippen molar-refractivity contribution in [3.05, 3.63) is 78.1 Å². The fourth-order valence-corrected chi connectivity index (χ4v) is 2.84. The number of fused-ring (bicyclic) bond motifs is 1. The van der Waals surface area contributed by atoms with Gasteiger partial charge < -0.3 is 10.4 Å². The van der Waals surface area contributed by atoms with Crippen molar-refractivity contribution in [3.63, 3.8) is 0 Å². The molecule has 1 amide bonds. The Kier molecular flexibility index (Phi) is 4.44. The molecule has 0 aliphatic rings. The summed E-state index contributed by atoms with van der Waals surface area (Å²) in [5.74, 6) is -0.583. The van der Waals surface area contributed by atoms with Crippen LogP contribution in [0.2, 0.25) is 0 Å². The molecule has 0 saturated heterocycles. The van der Waals surface area contributed by atoms with Gasteiger partial charge in [-0.2, -0.15) is 5.10 Å². The van der Waals surface area contributed by atoms with E-state index in [0.29, 0.717) is 16.9 Å². The normalized spacial score (nSPS) is 11.1. The van der Waals surface area contributed by atoms with Gasteiger partial charge in [-0.05, 0) is 18.2 Å². The van der Waals surface area contributed by atoms with Crippen molar-refractivity contribution in [3.8, 4) is 17.0 Å². The van der Waals surface area contributed by atoms with E-state index in [1.165, 1.54) is 24.4 Å². The number of nitrogens with one attached hydrogen (secondary N) is 1. The second kappa shape index (κ2) is 7.07. The summed E-state index contributed by atoms with van der Waals surface area (Å²) in [6.07, 6.45) is -1.60. The molecule has 2 N–H and O–H groups in total. The molecule has 0 unspecified atom stereocenters. The van der Waals surface area contributed by atoms with Gasteiger partial charge in [0, 0.05) is 17.3 Å². The number of hydrogen-bond acceptors (Lipinski definition) is 4. The zero-order valence-corrected chi connectivity index (χ0v) is 14.4. The number of halogens is 2. The van der Waals surface area contributed by atoms with Gasteiger partial charge in [0.05, 0.1) is 11.9 Å². The average Bonchev–Trinajstić information content (AvgIpc) is 3.12. The fourth-order valence-electron chi connectivity index (χ4n) is 2.84. The van der Waals surface area contributed by atoms with Crippen LogP contribution in [-0.4, -0.2) is 25.6 Å². The Balaban J connectivity index is 1.81. The third kappa shape index (κ3) is 3.27. The number of hydrogen-bond donors (Lipinski definition) is 2. The summed E-state index contributed by atoms with van der Waals surface area (Å²) in [5.41, 5.74) is 1.03. The molecule has 0 fully saturated rings. The number of carbonyl (C=O) groups is 1. The number of aromatic nitrogens is 3. The summed E-state index contributed by atoms with van der Waals surface area (Å²) in [7, 11) is 0. The minimum absolute atomic E-state index is 0.0119. The molecule has 4 rings (SSSR count). The lowest BCUT2D eigenvalue weighted by atomic mass is 10.1. The van der Waals surface area contributed by atoms with Crippen LogP contribution < -0.4 is 5.32 Å². The van der Waals surface area contributed by atoms with Gasteiger partial charge in [-0.3, -0.25) is 4.79 Å². The number of nitrogens with zero attached hydrogens (tertiary/aromatic N) is 3. The van der Waals surface area contributed by atoms with Gasteiger partial charge in [0.15, 0.2) is 5.65 Å². The van der Waals surface area contributed by atoms with Crippen LogP contribution in [0.3, 0.4) is 0 Å². The van der Waals surface area contributed by atoms with Gasteiger partial charge in [0.25, 0.3) is 12.3 Å². The van der Waals surface area contributed by atoms with E-state index in [0.717, 1.165) is 4.52 Å². The Morgan fingerprint density at radius 1 is 1.07 bits per heavy atom. The van der Waals surface area contributed by atoms with E-state index in [2.05, 4.69) is 15.4 Å². The largest absolute Gasteiger partial charge is 0.508 e. The number of alkyl halides is 2. The maximum Gasteiger partial charge on any atom is 0.280 e. The van der Waals surface area contributed by atoms with Crippen molar-refractivity contribution in [2.24, 2.45) is 0 Å². The average molecular weight is 380 g/mol. The lowest BCUT2D eigenvalue weighted by molar-refractivity contribution is 0.102. The molecule has 0 aliphatic carbocycles. The molecule has 6 nitrogen and oxygen atoms in total. The van der Waals surface area contributed by atoms with Crippen molar-refractivity contribution in [2.45, 2.75) is 6.43 Å². The van der Waals surface area contributed by atoms with Crippen LogP contribution in [0.4, 0.5) is 14.5 Å². The van der Waals surface area contributed by atoms with Crippen molar-refractivity contribution < 1.29 is 18.7 Å². The lowest BCUT2D eigenvalue weighted by Gasteiger charge is -2.09. The molecule has 2 aromatic carbocycles. The Morgan fingerprint density at radius 2 is 1.86 bits per heavy atom. The van der Waals surface area contributed by atoms with E-state index in [1.54, 1.807) is 36.4 Å². The number of amides is 1. The van der Waals surface area contributed by atoms with Crippen LogP contribution in [0.25, 0.3) is 16.9 Å². The lowest BCUT2D eigenvalue weighted by Crippen LogP contribution is -2.12. The van der Waals surface area contributed by atoms with Gasteiger partial charge in [0.2, 0.25) is 0 Å². The van der Waals surface area contributed by atoms with Gasteiger partial charge in [-0.25, -0.2) is 18.3 Å². The molecule has 0 bridgehead atoms. The van der Waals surface area contributed by atoms with Crippen LogP contribution >= 0.6 is 0 Å². The van der Waals surface area contributed by atoms with Crippen molar-refractivity contribution in [2.75, 3.05) is 5.32 Å². The summed E-state index contributed by atoms with van der Waals surface area (Å²) in [4.78, 5) is 17.0. The fraction of sp³-hybridized carbons (Fsp3) is 0.0500. The number of phenols is 1. The zero-order valence-electron chi connectivity index (χ0n) is 14.4. The van der Waals surface area contributed by atoms with E-state index in [-0.39, 0.29) is 22.7 Å². The van der Waals surface area contributed by atoms with Gasteiger partial charge in [-0.15, -0.1) is 0 Å². The summed E-state index contributed by atoms with van der Waals surface area (Å²) in [6.45, 7) is 0. The molecule has 140 valence electrons. The molecule has 28 heavy (non-hydrogen) atoms. The molecule has 0 aliphatic heterocycles. The van der Waals surface area contributed by atoms with E-state index < -0.39 is 12.3 Å².